The van der Waals surface area contributed by atoms with Crippen molar-refractivity contribution in [2.24, 2.45) is 5.41 Å². The molecule has 0 bridgehead atoms. The van der Waals surface area contributed by atoms with E-state index in [0.717, 1.165) is 4.90 Å². The van der Waals surface area contributed by atoms with Crippen molar-refractivity contribution >= 4 is 29.8 Å². The molecule has 1 aliphatic rings. The number of β-amino-alcohol motifs (C(OH)–C–C–N with tert-alkyl or cyclic N) is 2. The van der Waals surface area contributed by atoms with Crippen molar-refractivity contribution in [2.75, 3.05) is 19.7 Å². The van der Waals surface area contributed by atoms with Gasteiger partial charge in [0.2, 0.25) is 11.8 Å². The van der Waals surface area contributed by atoms with Gasteiger partial charge in [-0.05, 0) is 25.2 Å². The lowest BCUT2D eigenvalue weighted by molar-refractivity contribution is -0.177. The first kappa shape index (κ1) is 30.4. The maximum Gasteiger partial charge on any atom is 0.338 e. The standard InChI is InChI=1S/C22H36N2O11/c1-6-12(2)35-20(32)18(30)17(29)19(31)34-11-14(26)10-24-16(28)7-15(27)23(21(24)33)9-13(25)8-22(3,4)5/h12-14,17-18,25-26,29-30H,6-11H2,1-5H3. The second-order valence-corrected chi connectivity index (χ2v) is 9.72. The van der Waals surface area contributed by atoms with E-state index in [0.29, 0.717) is 11.3 Å². The lowest BCUT2D eigenvalue weighted by atomic mass is 9.89. The van der Waals surface area contributed by atoms with Crippen LogP contribution in [0.5, 0.6) is 0 Å². The zero-order valence-corrected chi connectivity index (χ0v) is 20.7. The SMILES string of the molecule is CCC(C)OC(=O)C(O)C(O)C(=O)OCC(O)CN1C(=O)CC(=O)N(CC(O)CC(C)(C)C)C1=O. The van der Waals surface area contributed by atoms with Crippen LogP contribution in [0.15, 0.2) is 0 Å². The van der Waals surface area contributed by atoms with Crippen LogP contribution in [0.25, 0.3) is 0 Å². The van der Waals surface area contributed by atoms with Gasteiger partial charge in [-0.25, -0.2) is 14.4 Å². The van der Waals surface area contributed by atoms with Crippen LogP contribution < -0.4 is 0 Å². The summed E-state index contributed by atoms with van der Waals surface area (Å²) < 4.78 is 9.49. The number of aliphatic hydroxyl groups is 4. The average molecular weight is 505 g/mol. The first-order valence-corrected chi connectivity index (χ1v) is 11.3. The van der Waals surface area contributed by atoms with E-state index >= 15 is 0 Å². The van der Waals surface area contributed by atoms with Crippen molar-refractivity contribution in [3.63, 3.8) is 0 Å². The number of hydrogen-bond donors (Lipinski definition) is 4. The monoisotopic (exact) mass is 504 g/mol. The zero-order chi connectivity index (χ0) is 27.1. The number of aliphatic hydroxyl groups excluding tert-OH is 4. The minimum Gasteiger partial charge on any atom is -0.461 e. The van der Waals surface area contributed by atoms with E-state index in [1.165, 1.54) is 0 Å². The van der Waals surface area contributed by atoms with Gasteiger partial charge in [-0.3, -0.25) is 19.4 Å². The van der Waals surface area contributed by atoms with Gasteiger partial charge in [0.15, 0.2) is 12.2 Å². The minimum absolute atomic E-state index is 0.278. The zero-order valence-electron chi connectivity index (χ0n) is 20.7. The van der Waals surface area contributed by atoms with E-state index in [1.54, 1.807) is 13.8 Å². The number of amides is 4. The highest BCUT2D eigenvalue weighted by atomic mass is 16.6. The summed E-state index contributed by atoms with van der Waals surface area (Å²) in [6, 6.07) is -1.03. The van der Waals surface area contributed by atoms with Gasteiger partial charge in [0.05, 0.1) is 25.3 Å². The molecule has 1 heterocycles. The Morgan fingerprint density at radius 2 is 1.40 bits per heavy atom. The highest BCUT2D eigenvalue weighted by molar-refractivity contribution is 6.14. The fraction of sp³-hybridized carbons (Fsp3) is 0.773. The molecule has 0 spiro atoms. The number of urea groups is 1. The molecule has 13 nitrogen and oxygen atoms in total. The van der Waals surface area contributed by atoms with Gasteiger partial charge in [-0.1, -0.05) is 27.7 Å². The Balaban J connectivity index is 2.67. The van der Waals surface area contributed by atoms with E-state index in [4.69, 9.17) is 4.74 Å². The molecule has 0 aromatic rings. The molecule has 0 aromatic carbocycles. The number of nitrogens with zero attached hydrogens (tertiary/aromatic N) is 2. The van der Waals surface area contributed by atoms with Gasteiger partial charge >= 0.3 is 18.0 Å². The Kier molecular flexibility index (Phi) is 11.2. The summed E-state index contributed by atoms with van der Waals surface area (Å²) in [4.78, 5) is 62.0. The quantitative estimate of drug-likeness (QED) is 0.187. The molecule has 0 aromatic heterocycles. The number of barbiturate groups is 1. The van der Waals surface area contributed by atoms with Crippen LogP contribution in [-0.2, 0) is 28.7 Å². The van der Waals surface area contributed by atoms with Crippen molar-refractivity contribution in [3.05, 3.63) is 0 Å². The summed E-state index contributed by atoms with van der Waals surface area (Å²) in [6.45, 7) is 7.11. The molecule has 0 saturated carbocycles. The number of imide groups is 2. The lowest BCUT2D eigenvalue weighted by Crippen LogP contribution is -2.58. The van der Waals surface area contributed by atoms with Crippen molar-refractivity contribution < 1.29 is 53.9 Å². The van der Waals surface area contributed by atoms with Crippen LogP contribution in [0, 0.1) is 5.41 Å². The molecule has 0 aliphatic carbocycles. The third kappa shape index (κ3) is 9.51. The second-order valence-electron chi connectivity index (χ2n) is 9.72. The van der Waals surface area contributed by atoms with Gasteiger partial charge in [-0.2, -0.15) is 0 Å². The van der Waals surface area contributed by atoms with E-state index in [-0.39, 0.29) is 18.4 Å². The second kappa shape index (κ2) is 12.9. The van der Waals surface area contributed by atoms with Gasteiger partial charge in [0.25, 0.3) is 0 Å². The molecule has 200 valence electrons. The number of rotatable bonds is 12. The van der Waals surface area contributed by atoms with Crippen LogP contribution in [0.1, 0.15) is 53.9 Å². The molecule has 1 rings (SSSR count). The highest BCUT2D eigenvalue weighted by Crippen LogP contribution is 2.22. The van der Waals surface area contributed by atoms with Crippen LogP contribution in [0.2, 0.25) is 0 Å². The summed E-state index contributed by atoms with van der Waals surface area (Å²) >= 11 is 0. The largest absolute Gasteiger partial charge is 0.461 e. The van der Waals surface area contributed by atoms with Crippen LogP contribution in [-0.4, -0.2) is 110 Å². The van der Waals surface area contributed by atoms with Gasteiger partial charge in [-0.15, -0.1) is 0 Å². The fourth-order valence-corrected chi connectivity index (χ4v) is 3.16. The first-order chi connectivity index (χ1) is 16.1. The summed E-state index contributed by atoms with van der Waals surface area (Å²) in [6.07, 6.45) is -7.59. The summed E-state index contributed by atoms with van der Waals surface area (Å²) in [5.74, 6) is -4.33. The number of hydrogen-bond acceptors (Lipinski definition) is 11. The minimum atomic E-state index is -2.28. The Labute approximate surface area is 203 Å². The topological polar surface area (TPSA) is 191 Å². The van der Waals surface area contributed by atoms with E-state index in [1.807, 2.05) is 20.8 Å². The van der Waals surface area contributed by atoms with Crippen molar-refractivity contribution in [2.45, 2.75) is 84.4 Å². The molecule has 4 amide bonds. The Bertz CT molecular complexity index is 795. The molecule has 0 radical (unpaired) electrons. The smallest absolute Gasteiger partial charge is 0.338 e. The maximum atomic E-state index is 12.7. The predicted molar refractivity (Wildman–Crippen MR) is 118 cm³/mol. The lowest BCUT2D eigenvalue weighted by Gasteiger charge is -2.35. The molecule has 13 heteroatoms. The molecule has 5 atom stereocenters. The van der Waals surface area contributed by atoms with Crippen molar-refractivity contribution in [1.29, 1.82) is 0 Å². The molecular formula is C22H36N2O11. The predicted octanol–water partition coefficient (Wildman–Crippen LogP) is -1.07. The molecule has 5 unspecified atom stereocenters. The third-order valence-electron chi connectivity index (χ3n) is 5.09. The number of carbonyl (C=O) groups excluding carboxylic acids is 5. The van der Waals surface area contributed by atoms with Crippen LogP contribution in [0.4, 0.5) is 4.79 Å². The maximum absolute atomic E-state index is 12.7. The van der Waals surface area contributed by atoms with E-state index in [2.05, 4.69) is 4.74 Å². The van der Waals surface area contributed by atoms with Gasteiger partial charge in [0, 0.05) is 0 Å². The van der Waals surface area contributed by atoms with Crippen molar-refractivity contribution in [3.8, 4) is 0 Å². The highest BCUT2D eigenvalue weighted by Gasteiger charge is 2.40. The summed E-state index contributed by atoms with van der Waals surface area (Å²) in [5, 5.41) is 39.9. The Hall–Kier alpha value is -2.61. The molecule has 1 fully saturated rings. The first-order valence-electron chi connectivity index (χ1n) is 11.3. The van der Waals surface area contributed by atoms with E-state index in [9.17, 15) is 44.4 Å². The molecule has 35 heavy (non-hydrogen) atoms. The Morgan fingerprint density at radius 3 is 1.89 bits per heavy atom. The molecular weight excluding hydrogens is 468 g/mol. The average Bonchev–Trinajstić information content (AvgIpc) is 2.75. The fourth-order valence-electron chi connectivity index (χ4n) is 3.16. The molecule has 4 N–H and O–H groups in total. The number of carbonyl (C=O) groups is 5. The summed E-state index contributed by atoms with van der Waals surface area (Å²) in [7, 11) is 0. The number of esters is 2. The van der Waals surface area contributed by atoms with Crippen LogP contribution >= 0.6 is 0 Å². The Morgan fingerprint density at radius 1 is 0.914 bits per heavy atom. The number of ether oxygens (including phenoxy) is 2. The molecule has 1 aliphatic heterocycles. The normalized spacial score (nSPS) is 19.2. The molecule has 1 saturated heterocycles. The summed E-state index contributed by atoms with van der Waals surface area (Å²) in [5.41, 5.74) is -0.278. The van der Waals surface area contributed by atoms with Gasteiger partial charge in [0.1, 0.15) is 19.1 Å². The third-order valence-corrected chi connectivity index (χ3v) is 5.09. The van der Waals surface area contributed by atoms with Crippen LogP contribution in [0.3, 0.4) is 0 Å². The van der Waals surface area contributed by atoms with Gasteiger partial charge < -0.3 is 29.9 Å². The van der Waals surface area contributed by atoms with Crippen molar-refractivity contribution in [1.82, 2.24) is 9.80 Å². The van der Waals surface area contributed by atoms with E-state index < -0.39 is 79.9 Å².